The van der Waals surface area contributed by atoms with Crippen LogP contribution in [0.25, 0.3) is 0 Å². The van der Waals surface area contributed by atoms with E-state index in [1.165, 1.54) is 14.2 Å². The highest BCUT2D eigenvalue weighted by Crippen LogP contribution is 2.27. The standard InChI is InChI=1S/C10H12O4/c1-13-9-4-3-7(8(12)6-11)5-10(9)14-2/h3-5,11H,6H2,1-2H3/p+1. The zero-order chi connectivity index (χ0) is 10.6. The number of hydrogen-bond donors (Lipinski definition) is 0. The molecular formula is C10H13O4+. The molecule has 0 atom stereocenters. The molecule has 0 aliphatic heterocycles. The first-order valence-corrected chi connectivity index (χ1v) is 4.12. The fraction of sp³-hybridized carbons (Fsp3) is 0.300. The minimum atomic E-state index is -0.254. The second kappa shape index (κ2) is 4.62. The van der Waals surface area contributed by atoms with Gasteiger partial charge in [0.1, 0.15) is 0 Å². The Hall–Kier alpha value is -1.55. The Bertz CT molecular complexity index is 333. The van der Waals surface area contributed by atoms with Gasteiger partial charge in [-0.3, -0.25) is 4.79 Å². The summed E-state index contributed by atoms with van der Waals surface area (Å²) in [7, 11) is 3.04. The first-order chi connectivity index (χ1) is 6.72. The van der Waals surface area contributed by atoms with Crippen LogP contribution in [-0.4, -0.2) is 31.7 Å². The molecule has 0 fully saturated rings. The van der Waals surface area contributed by atoms with Gasteiger partial charge in [0, 0.05) is 5.56 Å². The predicted molar refractivity (Wildman–Crippen MR) is 52.4 cm³/mol. The van der Waals surface area contributed by atoms with Crippen LogP contribution in [0.1, 0.15) is 10.4 Å². The Morgan fingerprint density at radius 1 is 1.29 bits per heavy atom. The molecule has 0 unspecified atom stereocenters. The molecule has 1 aromatic rings. The van der Waals surface area contributed by atoms with Crippen LogP contribution >= 0.6 is 0 Å². The van der Waals surface area contributed by atoms with E-state index in [1.54, 1.807) is 18.2 Å². The highest BCUT2D eigenvalue weighted by Gasteiger charge is 2.10. The van der Waals surface area contributed by atoms with Crippen molar-refractivity contribution in [3.63, 3.8) is 0 Å². The average molecular weight is 197 g/mol. The maximum Gasteiger partial charge on any atom is 0.237 e. The van der Waals surface area contributed by atoms with Crippen molar-refractivity contribution in [1.29, 1.82) is 0 Å². The number of Topliss-reactive ketones (excluding diaryl/α,β-unsaturated/α-hetero) is 1. The Morgan fingerprint density at radius 2 is 1.93 bits per heavy atom. The van der Waals surface area contributed by atoms with E-state index in [4.69, 9.17) is 14.6 Å². The Labute approximate surface area is 82.1 Å². The number of ether oxygens (including phenoxy) is 2. The molecule has 0 aliphatic carbocycles. The third-order valence-corrected chi connectivity index (χ3v) is 1.87. The summed E-state index contributed by atoms with van der Waals surface area (Å²) in [6.07, 6.45) is 0. The third kappa shape index (κ3) is 2.03. The minimum absolute atomic E-state index is 0.231. The predicted octanol–water partition coefficient (Wildman–Crippen LogP) is 0.611. The topological polar surface area (TPSA) is 58.4 Å². The summed E-state index contributed by atoms with van der Waals surface area (Å²) in [6, 6.07) is 4.86. The minimum Gasteiger partial charge on any atom is -0.493 e. The molecule has 0 radical (unpaired) electrons. The van der Waals surface area contributed by atoms with Gasteiger partial charge in [0.25, 0.3) is 0 Å². The summed E-state index contributed by atoms with van der Waals surface area (Å²) >= 11 is 0. The first-order valence-electron chi connectivity index (χ1n) is 4.12. The number of carbonyl (C=O) groups is 1. The average Bonchev–Trinajstić information content (AvgIpc) is 2.26. The lowest BCUT2D eigenvalue weighted by Crippen LogP contribution is -2.04. The zero-order valence-electron chi connectivity index (χ0n) is 8.16. The molecule has 1 aromatic carbocycles. The molecule has 0 heterocycles. The summed E-state index contributed by atoms with van der Waals surface area (Å²) in [5.41, 5.74) is 0.470. The fourth-order valence-corrected chi connectivity index (χ4v) is 1.11. The number of rotatable bonds is 4. The van der Waals surface area contributed by atoms with E-state index in [-0.39, 0.29) is 12.4 Å². The smallest absolute Gasteiger partial charge is 0.237 e. The molecule has 0 spiro atoms. The van der Waals surface area contributed by atoms with E-state index >= 15 is 0 Å². The summed E-state index contributed by atoms with van der Waals surface area (Å²) in [4.78, 5) is 11.2. The van der Waals surface area contributed by atoms with Gasteiger partial charge in [0.15, 0.2) is 11.5 Å². The van der Waals surface area contributed by atoms with Crippen molar-refractivity contribution in [3.05, 3.63) is 23.8 Å². The van der Waals surface area contributed by atoms with Crippen molar-refractivity contribution in [3.8, 4) is 11.5 Å². The second-order valence-electron chi connectivity index (χ2n) is 2.67. The van der Waals surface area contributed by atoms with Gasteiger partial charge in [-0.1, -0.05) is 0 Å². The van der Waals surface area contributed by atoms with Gasteiger partial charge in [0.05, 0.1) is 14.2 Å². The van der Waals surface area contributed by atoms with Gasteiger partial charge in [-0.15, -0.1) is 0 Å². The van der Waals surface area contributed by atoms with Crippen LogP contribution in [0.2, 0.25) is 0 Å². The van der Waals surface area contributed by atoms with Gasteiger partial charge < -0.3 is 14.6 Å². The van der Waals surface area contributed by atoms with Crippen molar-refractivity contribution in [2.75, 3.05) is 20.8 Å². The number of methoxy groups -OCH3 is 2. The molecule has 0 aromatic heterocycles. The molecule has 0 saturated heterocycles. The lowest BCUT2D eigenvalue weighted by Gasteiger charge is -2.07. The highest BCUT2D eigenvalue weighted by molar-refractivity contribution is 5.97. The van der Waals surface area contributed by atoms with Crippen molar-refractivity contribution < 1.29 is 19.4 Å². The fourth-order valence-electron chi connectivity index (χ4n) is 1.11. The Balaban J connectivity index is 3.07. The molecule has 0 aliphatic rings. The van der Waals surface area contributed by atoms with Crippen LogP contribution in [-0.2, 0) is 0 Å². The summed E-state index contributed by atoms with van der Waals surface area (Å²) in [5, 5.41) is 6.95. The quantitative estimate of drug-likeness (QED) is 0.525. The van der Waals surface area contributed by atoms with Crippen LogP contribution < -0.4 is 9.47 Å². The van der Waals surface area contributed by atoms with Gasteiger partial charge in [-0.25, -0.2) is 0 Å². The lowest BCUT2D eigenvalue weighted by atomic mass is 10.1. The van der Waals surface area contributed by atoms with Crippen LogP contribution in [0, 0.1) is 0 Å². The van der Waals surface area contributed by atoms with Crippen LogP contribution in [0.15, 0.2) is 18.2 Å². The molecule has 2 N–H and O–H groups in total. The van der Waals surface area contributed by atoms with E-state index < -0.39 is 0 Å². The second-order valence-corrected chi connectivity index (χ2v) is 2.67. The molecule has 4 heteroatoms. The summed E-state index contributed by atoms with van der Waals surface area (Å²) < 4.78 is 10.1. The maximum atomic E-state index is 11.2. The van der Waals surface area contributed by atoms with E-state index in [9.17, 15) is 4.79 Å². The zero-order valence-corrected chi connectivity index (χ0v) is 8.16. The Morgan fingerprint density at radius 3 is 2.43 bits per heavy atom. The number of carbonyl (C=O) groups excluding carboxylic acids is 1. The molecule has 14 heavy (non-hydrogen) atoms. The normalized spacial score (nSPS) is 9.64. The van der Waals surface area contributed by atoms with Gasteiger partial charge in [-0.2, -0.15) is 0 Å². The molecule has 1 rings (SSSR count). The maximum absolute atomic E-state index is 11.2. The van der Waals surface area contributed by atoms with Crippen molar-refractivity contribution in [2.45, 2.75) is 0 Å². The van der Waals surface area contributed by atoms with Crippen LogP contribution in [0.5, 0.6) is 11.5 Å². The van der Waals surface area contributed by atoms with Crippen LogP contribution in [0.3, 0.4) is 0 Å². The largest absolute Gasteiger partial charge is 0.493 e. The Kier molecular flexibility index (Phi) is 3.48. The molecular weight excluding hydrogens is 184 g/mol. The van der Waals surface area contributed by atoms with E-state index in [2.05, 4.69) is 0 Å². The van der Waals surface area contributed by atoms with Crippen molar-refractivity contribution in [2.24, 2.45) is 0 Å². The monoisotopic (exact) mass is 197 g/mol. The summed E-state index contributed by atoms with van der Waals surface area (Å²) in [5.74, 6) is 0.854. The molecule has 0 saturated carbocycles. The van der Waals surface area contributed by atoms with Crippen molar-refractivity contribution >= 4 is 5.78 Å². The first kappa shape index (κ1) is 10.5. The van der Waals surface area contributed by atoms with E-state index in [0.29, 0.717) is 17.1 Å². The van der Waals surface area contributed by atoms with Crippen molar-refractivity contribution in [1.82, 2.24) is 0 Å². The van der Waals surface area contributed by atoms with E-state index in [1.807, 2.05) is 0 Å². The van der Waals surface area contributed by atoms with Gasteiger partial charge >= 0.3 is 0 Å². The van der Waals surface area contributed by atoms with Crippen LogP contribution in [0.4, 0.5) is 0 Å². The SMILES string of the molecule is COc1ccc(C(=O)C[OH2+])cc1OC. The molecule has 4 nitrogen and oxygen atoms in total. The highest BCUT2D eigenvalue weighted by atomic mass is 16.5. The number of ketones is 1. The molecule has 0 bridgehead atoms. The molecule has 76 valence electrons. The lowest BCUT2D eigenvalue weighted by molar-refractivity contribution is 0.0903. The van der Waals surface area contributed by atoms with E-state index in [0.717, 1.165) is 0 Å². The summed E-state index contributed by atoms with van der Waals surface area (Å²) in [6.45, 7) is -0.254. The number of benzene rings is 1. The number of hydrogen-bond acceptors (Lipinski definition) is 3. The molecule has 0 amide bonds. The third-order valence-electron chi connectivity index (χ3n) is 1.87. The van der Waals surface area contributed by atoms with Gasteiger partial charge in [0.2, 0.25) is 12.4 Å². The van der Waals surface area contributed by atoms with Gasteiger partial charge in [-0.05, 0) is 18.2 Å².